The fourth-order valence-corrected chi connectivity index (χ4v) is 3.30. The number of nitrogens with zero attached hydrogens (tertiary/aromatic N) is 4. The predicted octanol–water partition coefficient (Wildman–Crippen LogP) is 4.16. The van der Waals surface area contributed by atoms with Crippen LogP contribution in [0.25, 0.3) is 11.2 Å². The Kier molecular flexibility index (Phi) is 5.48. The highest BCUT2D eigenvalue weighted by atomic mass is 35.5. The van der Waals surface area contributed by atoms with Gasteiger partial charge in [0.15, 0.2) is 11.5 Å². The lowest BCUT2D eigenvalue weighted by Gasteiger charge is -2.10. The number of rotatable bonds is 7. The molecule has 8 heteroatoms. The summed E-state index contributed by atoms with van der Waals surface area (Å²) in [6.45, 7) is 1.12. The molecule has 0 amide bonds. The molecule has 7 nitrogen and oxygen atoms in total. The van der Waals surface area contributed by atoms with E-state index in [2.05, 4.69) is 20.3 Å². The molecule has 0 unspecified atom stereocenters. The summed E-state index contributed by atoms with van der Waals surface area (Å²) < 4.78 is 12.7. The van der Waals surface area contributed by atoms with Gasteiger partial charge < -0.3 is 19.4 Å². The van der Waals surface area contributed by atoms with Gasteiger partial charge in [-0.25, -0.2) is 15.0 Å². The number of benzene rings is 2. The normalized spacial score (nSPS) is 10.9. The molecule has 0 spiro atoms. The van der Waals surface area contributed by atoms with E-state index in [4.69, 9.17) is 21.1 Å². The third-order valence-electron chi connectivity index (χ3n) is 4.57. The summed E-state index contributed by atoms with van der Waals surface area (Å²) in [6.07, 6.45) is 3.29. The maximum Gasteiger partial charge on any atom is 0.165 e. The lowest BCUT2D eigenvalue weighted by atomic mass is 10.2. The van der Waals surface area contributed by atoms with Crippen molar-refractivity contribution >= 4 is 28.6 Å². The van der Waals surface area contributed by atoms with Crippen LogP contribution in [-0.4, -0.2) is 33.7 Å². The van der Waals surface area contributed by atoms with E-state index in [1.54, 1.807) is 20.5 Å². The van der Waals surface area contributed by atoms with Crippen LogP contribution in [0.3, 0.4) is 0 Å². The number of fused-ring (bicyclic) bond motifs is 1. The molecule has 29 heavy (non-hydrogen) atoms. The topological polar surface area (TPSA) is 74.1 Å². The Bertz CT molecular complexity index is 1120. The molecule has 0 fully saturated rings. The highest BCUT2D eigenvalue weighted by Crippen LogP contribution is 2.25. The quantitative estimate of drug-likeness (QED) is 0.494. The van der Waals surface area contributed by atoms with Crippen molar-refractivity contribution < 1.29 is 9.47 Å². The zero-order valence-electron chi connectivity index (χ0n) is 16.1. The number of hydrogen-bond acceptors (Lipinski definition) is 6. The molecule has 0 saturated heterocycles. The van der Waals surface area contributed by atoms with Crippen LogP contribution in [0.4, 0.5) is 5.82 Å². The largest absolute Gasteiger partial charge is 0.497 e. The van der Waals surface area contributed by atoms with Crippen LogP contribution in [0.1, 0.15) is 11.1 Å². The molecule has 0 atom stereocenters. The van der Waals surface area contributed by atoms with Crippen molar-refractivity contribution in [2.45, 2.75) is 13.1 Å². The Hall–Kier alpha value is -3.32. The fraction of sp³-hybridized carbons (Fsp3) is 0.190. The van der Waals surface area contributed by atoms with E-state index in [-0.39, 0.29) is 0 Å². The number of hydrogen-bond donors (Lipinski definition) is 1. The van der Waals surface area contributed by atoms with Gasteiger partial charge in [-0.2, -0.15) is 0 Å². The molecule has 0 radical (unpaired) electrons. The summed E-state index contributed by atoms with van der Waals surface area (Å²) >= 11 is 6.24. The summed E-state index contributed by atoms with van der Waals surface area (Å²) in [7, 11) is 3.27. The van der Waals surface area contributed by atoms with Crippen LogP contribution in [0.5, 0.6) is 11.5 Å². The molecular formula is C21H20ClN5O2. The lowest BCUT2D eigenvalue weighted by molar-refractivity contribution is 0.393. The monoisotopic (exact) mass is 409 g/mol. The number of nitrogens with one attached hydrogen (secondary N) is 1. The molecule has 0 saturated carbocycles. The summed E-state index contributed by atoms with van der Waals surface area (Å²) in [5.41, 5.74) is 3.45. The van der Waals surface area contributed by atoms with E-state index in [0.29, 0.717) is 29.4 Å². The van der Waals surface area contributed by atoms with Gasteiger partial charge in [-0.1, -0.05) is 29.8 Å². The maximum atomic E-state index is 6.24. The summed E-state index contributed by atoms with van der Waals surface area (Å²) in [6, 6.07) is 13.5. The molecule has 148 valence electrons. The van der Waals surface area contributed by atoms with E-state index in [9.17, 15) is 0 Å². The van der Waals surface area contributed by atoms with Gasteiger partial charge in [0, 0.05) is 17.6 Å². The molecule has 2 heterocycles. The minimum atomic E-state index is 0.547. The van der Waals surface area contributed by atoms with Crippen molar-refractivity contribution in [3.8, 4) is 11.5 Å². The predicted molar refractivity (Wildman–Crippen MR) is 113 cm³/mol. The van der Waals surface area contributed by atoms with Gasteiger partial charge in [-0.05, 0) is 29.3 Å². The Labute approximate surface area is 173 Å². The van der Waals surface area contributed by atoms with Crippen LogP contribution < -0.4 is 14.8 Å². The maximum absolute atomic E-state index is 6.24. The number of halogens is 1. The average molecular weight is 410 g/mol. The standard InChI is InChI=1S/C21H20ClN5O2/c1-28-16-7-14(8-17(9-16)29-2)11-27-13-26-19-20(24-12-25-21(19)27)23-10-15-5-3-4-6-18(15)22/h3-9,12-13H,10-11H2,1-2H3,(H,23,24,25). The molecule has 2 aromatic heterocycles. The molecule has 4 aromatic rings. The third-order valence-corrected chi connectivity index (χ3v) is 4.94. The van der Waals surface area contributed by atoms with Gasteiger partial charge in [0.25, 0.3) is 0 Å². The van der Waals surface area contributed by atoms with E-state index in [1.807, 2.05) is 47.0 Å². The highest BCUT2D eigenvalue weighted by molar-refractivity contribution is 6.31. The van der Waals surface area contributed by atoms with Crippen LogP contribution >= 0.6 is 11.6 Å². The minimum Gasteiger partial charge on any atom is -0.497 e. The number of methoxy groups -OCH3 is 2. The van der Waals surface area contributed by atoms with Gasteiger partial charge in [-0.3, -0.25) is 0 Å². The van der Waals surface area contributed by atoms with Crippen LogP contribution in [0, 0.1) is 0 Å². The summed E-state index contributed by atoms with van der Waals surface area (Å²) in [4.78, 5) is 13.3. The van der Waals surface area contributed by atoms with Crippen molar-refractivity contribution in [3.63, 3.8) is 0 Å². The van der Waals surface area contributed by atoms with Crippen molar-refractivity contribution in [3.05, 3.63) is 71.3 Å². The van der Waals surface area contributed by atoms with Gasteiger partial charge >= 0.3 is 0 Å². The smallest absolute Gasteiger partial charge is 0.165 e. The van der Waals surface area contributed by atoms with E-state index in [0.717, 1.165) is 28.3 Å². The molecular weight excluding hydrogens is 390 g/mol. The average Bonchev–Trinajstić information content (AvgIpc) is 3.16. The fourth-order valence-electron chi connectivity index (χ4n) is 3.10. The van der Waals surface area contributed by atoms with Gasteiger partial charge in [0.2, 0.25) is 0 Å². The van der Waals surface area contributed by atoms with Crippen molar-refractivity contribution in [2.24, 2.45) is 0 Å². The van der Waals surface area contributed by atoms with Crippen LogP contribution in [0.15, 0.2) is 55.1 Å². The second-order valence-corrected chi connectivity index (χ2v) is 6.84. The highest BCUT2D eigenvalue weighted by Gasteiger charge is 2.12. The van der Waals surface area contributed by atoms with Gasteiger partial charge in [0.1, 0.15) is 23.3 Å². The third kappa shape index (κ3) is 4.09. The molecule has 0 bridgehead atoms. The molecule has 4 rings (SSSR count). The van der Waals surface area contributed by atoms with E-state index in [1.165, 1.54) is 6.33 Å². The number of ether oxygens (including phenoxy) is 2. The van der Waals surface area contributed by atoms with E-state index < -0.39 is 0 Å². The lowest BCUT2D eigenvalue weighted by Crippen LogP contribution is -2.04. The van der Waals surface area contributed by atoms with Crippen LogP contribution in [0.2, 0.25) is 5.02 Å². The SMILES string of the molecule is COc1cc(Cn2cnc3c(NCc4ccccc4Cl)ncnc32)cc(OC)c1. The molecule has 1 N–H and O–H groups in total. The first kappa shape index (κ1) is 19.0. The first-order valence-electron chi connectivity index (χ1n) is 9.03. The van der Waals surface area contributed by atoms with Gasteiger partial charge in [0.05, 0.1) is 27.1 Å². The Morgan fingerprint density at radius 2 is 1.76 bits per heavy atom. The Morgan fingerprint density at radius 3 is 2.48 bits per heavy atom. The number of imidazole rings is 1. The summed E-state index contributed by atoms with van der Waals surface area (Å²) in [5.74, 6) is 2.14. The minimum absolute atomic E-state index is 0.547. The Balaban J connectivity index is 1.60. The second kappa shape index (κ2) is 8.36. The van der Waals surface area contributed by atoms with Crippen molar-refractivity contribution in [1.29, 1.82) is 0 Å². The van der Waals surface area contributed by atoms with Crippen LogP contribution in [-0.2, 0) is 13.1 Å². The van der Waals surface area contributed by atoms with Crippen molar-refractivity contribution in [2.75, 3.05) is 19.5 Å². The Morgan fingerprint density at radius 1 is 1.00 bits per heavy atom. The molecule has 0 aliphatic heterocycles. The van der Waals surface area contributed by atoms with E-state index >= 15 is 0 Å². The summed E-state index contributed by atoms with van der Waals surface area (Å²) in [5, 5.41) is 4.02. The van der Waals surface area contributed by atoms with Gasteiger partial charge in [-0.15, -0.1) is 0 Å². The molecule has 0 aliphatic rings. The molecule has 0 aliphatic carbocycles. The first-order chi connectivity index (χ1) is 14.2. The zero-order chi connectivity index (χ0) is 20.2. The number of aromatic nitrogens is 4. The zero-order valence-corrected chi connectivity index (χ0v) is 16.8. The first-order valence-corrected chi connectivity index (χ1v) is 9.41. The second-order valence-electron chi connectivity index (χ2n) is 6.43. The molecule has 2 aromatic carbocycles. The van der Waals surface area contributed by atoms with Crippen molar-refractivity contribution in [1.82, 2.24) is 19.5 Å². The number of anilines is 1.